The Hall–Kier alpha value is -5.48. The molecule has 16 heteroatoms. The average Bonchev–Trinajstić information content (AvgIpc) is 3.49. The van der Waals surface area contributed by atoms with E-state index in [-0.39, 0.29) is 30.2 Å². The van der Waals surface area contributed by atoms with Crippen LogP contribution in [0, 0.1) is 5.92 Å². The Balaban J connectivity index is 0.789. The van der Waals surface area contributed by atoms with Crippen LogP contribution >= 0.6 is 11.8 Å². The van der Waals surface area contributed by atoms with Crippen molar-refractivity contribution in [3.8, 4) is 0 Å². The summed E-state index contributed by atoms with van der Waals surface area (Å²) in [6.45, 7) is 5.94. The van der Waals surface area contributed by atoms with Gasteiger partial charge in [-0.15, -0.1) is 22.0 Å². The number of anilines is 1. The van der Waals surface area contributed by atoms with Gasteiger partial charge in [-0.25, -0.2) is 0 Å². The van der Waals surface area contributed by atoms with E-state index in [1.54, 1.807) is 36.7 Å². The van der Waals surface area contributed by atoms with Gasteiger partial charge in [0.15, 0.2) is 11.5 Å². The van der Waals surface area contributed by atoms with E-state index in [0.717, 1.165) is 81.1 Å². The van der Waals surface area contributed by atoms with Gasteiger partial charge in [-0.2, -0.15) is 0 Å². The lowest BCUT2D eigenvalue weighted by atomic mass is 9.91. The number of likely N-dealkylation sites (tertiary alicyclic amines) is 1. The summed E-state index contributed by atoms with van der Waals surface area (Å²) in [5, 5.41) is 13.9. The minimum atomic E-state index is -0.988. The van der Waals surface area contributed by atoms with Crippen LogP contribution in [0.5, 0.6) is 0 Å². The van der Waals surface area contributed by atoms with E-state index < -0.39 is 29.7 Å². The number of piperidine rings is 2. The van der Waals surface area contributed by atoms with Gasteiger partial charge in [0, 0.05) is 87.9 Å². The average molecular weight is 794 g/mol. The lowest BCUT2D eigenvalue weighted by Gasteiger charge is -2.35. The predicted molar refractivity (Wildman–Crippen MR) is 213 cm³/mol. The minimum absolute atomic E-state index is 0.0807. The highest BCUT2D eigenvalue weighted by Gasteiger charge is 2.45. The van der Waals surface area contributed by atoms with Crippen LogP contribution < -0.4 is 15.5 Å². The third kappa shape index (κ3) is 9.74. The van der Waals surface area contributed by atoms with Crippen molar-refractivity contribution in [2.75, 3.05) is 63.0 Å². The number of thioether (sulfide) groups is 1. The number of fused-ring (bicyclic) bond motifs is 1. The Kier molecular flexibility index (Phi) is 13.0. The fourth-order valence-corrected chi connectivity index (χ4v) is 8.84. The molecule has 0 radical (unpaired) electrons. The Morgan fingerprint density at radius 2 is 1.72 bits per heavy atom. The van der Waals surface area contributed by atoms with Crippen molar-refractivity contribution in [2.45, 2.75) is 55.9 Å². The Morgan fingerprint density at radius 3 is 2.46 bits per heavy atom. The van der Waals surface area contributed by atoms with Crippen LogP contribution in [-0.4, -0.2) is 129 Å². The van der Waals surface area contributed by atoms with E-state index in [1.165, 1.54) is 17.8 Å². The maximum absolute atomic E-state index is 13.4. The summed E-state index contributed by atoms with van der Waals surface area (Å²) in [5.41, 5.74) is 1.85. The summed E-state index contributed by atoms with van der Waals surface area (Å²) in [6, 6.07) is 11.6. The van der Waals surface area contributed by atoms with Gasteiger partial charge in [0.05, 0.1) is 11.1 Å². The van der Waals surface area contributed by atoms with Crippen molar-refractivity contribution in [3.63, 3.8) is 0 Å². The molecule has 3 aromatic rings. The molecule has 15 nitrogen and oxygen atoms in total. The van der Waals surface area contributed by atoms with Crippen LogP contribution in [0.3, 0.4) is 0 Å². The Bertz CT molecular complexity index is 2000. The topological polar surface area (TPSA) is 178 Å². The molecular formula is C41H47N9O6S. The SMILES string of the molecule is O=C(/C=C/c1cccnc1)NCCCCC1CCN(C(=O)c2ccc(N3CCN(CCSc4cccc5c4C(=O)N(C4CCC(=O)NC4=O)C5=O)CC3)nn2)CC1. The molecule has 4 aliphatic rings. The highest BCUT2D eigenvalue weighted by Crippen LogP contribution is 2.34. The van der Waals surface area contributed by atoms with Gasteiger partial charge in [0.2, 0.25) is 17.7 Å². The van der Waals surface area contributed by atoms with Crippen LogP contribution in [0.25, 0.3) is 6.08 Å². The van der Waals surface area contributed by atoms with Crippen LogP contribution in [0.2, 0.25) is 0 Å². The standard InChI is InChI=1S/C41H47N9O6S/c51-35(13-9-29-6-4-17-42-27-29)43-18-2-1-5-28-15-19-49(20-16-28)40(55)31-10-12-34(46-45-31)48-23-21-47(22-24-48)25-26-57-33-8-3-7-30-37(33)41(56)50(39(30)54)32-11-14-36(52)44-38(32)53/h3-4,6-10,12-13,17,27-28,32H,1-2,5,11,14-16,18-26H2,(H,43,51)(H,44,52,53)/b13-9+. The molecule has 0 saturated carbocycles. The molecular weight excluding hydrogens is 747 g/mol. The third-order valence-corrected chi connectivity index (χ3v) is 12.1. The second-order valence-corrected chi connectivity index (χ2v) is 15.9. The molecule has 2 N–H and O–H groups in total. The number of pyridine rings is 1. The van der Waals surface area contributed by atoms with E-state index in [0.29, 0.717) is 47.5 Å². The number of benzene rings is 1. The van der Waals surface area contributed by atoms with Crippen molar-refractivity contribution in [2.24, 2.45) is 5.92 Å². The fraction of sp³-hybridized carbons (Fsp3) is 0.439. The first-order chi connectivity index (χ1) is 27.7. The zero-order chi connectivity index (χ0) is 39.7. The number of amides is 6. The molecule has 0 aliphatic carbocycles. The van der Waals surface area contributed by atoms with Gasteiger partial charge in [-0.1, -0.05) is 25.0 Å². The first-order valence-electron chi connectivity index (χ1n) is 19.7. The maximum atomic E-state index is 13.4. The van der Waals surface area contributed by atoms with Gasteiger partial charge in [-0.3, -0.25) is 48.9 Å². The summed E-state index contributed by atoms with van der Waals surface area (Å²) in [5.74, 6) is -0.200. The van der Waals surface area contributed by atoms with Gasteiger partial charge < -0.3 is 15.1 Å². The smallest absolute Gasteiger partial charge is 0.274 e. The number of nitrogens with zero attached hydrogens (tertiary/aromatic N) is 7. The van der Waals surface area contributed by atoms with Gasteiger partial charge >= 0.3 is 0 Å². The van der Waals surface area contributed by atoms with Crippen LogP contribution in [0.1, 0.15) is 81.7 Å². The fourth-order valence-electron chi connectivity index (χ4n) is 7.76. The van der Waals surface area contributed by atoms with E-state index in [9.17, 15) is 28.8 Å². The van der Waals surface area contributed by atoms with Crippen LogP contribution in [0.15, 0.2) is 65.8 Å². The van der Waals surface area contributed by atoms with Crippen LogP contribution in [-0.2, 0) is 14.4 Å². The van der Waals surface area contributed by atoms with Crippen molar-refractivity contribution in [3.05, 3.63) is 83.3 Å². The number of carbonyl (C=O) groups excluding carboxylic acids is 6. The van der Waals surface area contributed by atoms with Crippen molar-refractivity contribution < 1.29 is 28.8 Å². The molecule has 3 fully saturated rings. The molecule has 6 amide bonds. The molecule has 0 spiro atoms. The van der Waals surface area contributed by atoms with Gasteiger partial charge in [0.1, 0.15) is 6.04 Å². The Morgan fingerprint density at radius 1 is 0.895 bits per heavy atom. The molecule has 3 saturated heterocycles. The molecule has 7 rings (SSSR count). The highest BCUT2D eigenvalue weighted by atomic mass is 32.2. The summed E-state index contributed by atoms with van der Waals surface area (Å²) in [4.78, 5) is 88.1. The van der Waals surface area contributed by atoms with Gasteiger partial charge in [-0.05, 0) is 73.6 Å². The number of hydrogen-bond donors (Lipinski definition) is 2. The second-order valence-electron chi connectivity index (χ2n) is 14.7. The van der Waals surface area contributed by atoms with E-state index in [4.69, 9.17) is 0 Å². The number of hydrogen-bond acceptors (Lipinski definition) is 12. The largest absolute Gasteiger partial charge is 0.353 e. The maximum Gasteiger partial charge on any atom is 0.274 e. The number of unbranched alkanes of at least 4 members (excludes halogenated alkanes) is 1. The number of nitrogens with one attached hydrogen (secondary N) is 2. The number of aromatic nitrogens is 3. The summed E-state index contributed by atoms with van der Waals surface area (Å²) in [7, 11) is 0. The predicted octanol–water partition coefficient (Wildman–Crippen LogP) is 3.04. The Labute approximate surface area is 335 Å². The molecule has 4 aliphatic heterocycles. The van der Waals surface area contributed by atoms with E-state index in [2.05, 4.69) is 35.6 Å². The van der Waals surface area contributed by atoms with Crippen LogP contribution in [0.4, 0.5) is 5.82 Å². The second kappa shape index (κ2) is 18.6. The molecule has 298 valence electrons. The summed E-state index contributed by atoms with van der Waals surface area (Å²) >= 11 is 1.51. The molecule has 57 heavy (non-hydrogen) atoms. The normalized spacial score (nSPS) is 19.3. The number of rotatable bonds is 14. The first-order valence-corrected chi connectivity index (χ1v) is 20.7. The monoisotopic (exact) mass is 793 g/mol. The number of imide groups is 2. The van der Waals surface area contributed by atoms with Crippen molar-refractivity contribution >= 4 is 59.1 Å². The highest BCUT2D eigenvalue weighted by molar-refractivity contribution is 7.99. The van der Waals surface area contributed by atoms with E-state index >= 15 is 0 Å². The zero-order valence-electron chi connectivity index (χ0n) is 31.8. The molecule has 0 bridgehead atoms. The molecule has 2 aromatic heterocycles. The van der Waals surface area contributed by atoms with E-state index in [1.807, 2.05) is 29.2 Å². The number of carbonyl (C=O) groups is 6. The quantitative estimate of drug-likeness (QED) is 0.106. The first kappa shape index (κ1) is 39.7. The molecule has 6 heterocycles. The zero-order valence-corrected chi connectivity index (χ0v) is 32.6. The summed E-state index contributed by atoms with van der Waals surface area (Å²) in [6.07, 6.45) is 11.8. The summed E-state index contributed by atoms with van der Waals surface area (Å²) < 4.78 is 0. The van der Waals surface area contributed by atoms with Gasteiger partial charge in [0.25, 0.3) is 17.7 Å². The molecule has 1 aromatic carbocycles. The lowest BCUT2D eigenvalue weighted by molar-refractivity contribution is -0.136. The number of piperazine rings is 1. The molecule has 1 atom stereocenters. The van der Waals surface area contributed by atoms with Crippen molar-refractivity contribution in [1.82, 2.24) is 40.5 Å². The molecule has 1 unspecified atom stereocenters. The minimum Gasteiger partial charge on any atom is -0.353 e. The third-order valence-electron chi connectivity index (χ3n) is 11.0. The lowest BCUT2D eigenvalue weighted by Crippen LogP contribution is -2.54. The van der Waals surface area contributed by atoms with Crippen molar-refractivity contribution in [1.29, 1.82) is 0 Å².